The van der Waals surface area contributed by atoms with Crippen LogP contribution in [-0.4, -0.2) is 27.3 Å². The molecule has 1 N–H and O–H groups in total. The van der Waals surface area contributed by atoms with Crippen molar-refractivity contribution in [2.45, 2.75) is 6.42 Å². The van der Waals surface area contributed by atoms with Gasteiger partial charge >= 0.3 is 0 Å². The molecule has 0 unspecified atom stereocenters. The summed E-state index contributed by atoms with van der Waals surface area (Å²) in [6, 6.07) is 8.95. The molecule has 1 aliphatic heterocycles. The molecule has 0 spiro atoms. The number of nitrogens with zero attached hydrogens (tertiary/aromatic N) is 2. The standard InChI is InChI=1S/C11H13N3O2S/c12-6-9-17(15,16)14-8-3-7-13-10-4-1-2-5-11(10)14/h1-2,4-5,13H,3,7-9H2. The van der Waals surface area contributed by atoms with Crippen LogP contribution in [-0.2, 0) is 10.0 Å². The summed E-state index contributed by atoms with van der Waals surface area (Å²) in [6.45, 7) is 1.14. The van der Waals surface area contributed by atoms with Crippen molar-refractivity contribution in [3.05, 3.63) is 24.3 Å². The van der Waals surface area contributed by atoms with Crippen LogP contribution in [0.3, 0.4) is 0 Å². The second-order valence-corrected chi connectivity index (χ2v) is 5.68. The van der Waals surface area contributed by atoms with Gasteiger partial charge < -0.3 is 5.32 Å². The first kappa shape index (κ1) is 11.7. The largest absolute Gasteiger partial charge is 0.383 e. The van der Waals surface area contributed by atoms with Gasteiger partial charge in [-0.3, -0.25) is 4.31 Å². The van der Waals surface area contributed by atoms with Gasteiger partial charge in [0.05, 0.1) is 17.4 Å². The molecule has 0 saturated carbocycles. The highest BCUT2D eigenvalue weighted by molar-refractivity contribution is 7.93. The van der Waals surface area contributed by atoms with Gasteiger partial charge in [-0.1, -0.05) is 12.1 Å². The van der Waals surface area contributed by atoms with Crippen molar-refractivity contribution < 1.29 is 8.42 Å². The van der Waals surface area contributed by atoms with Crippen LogP contribution in [0.25, 0.3) is 0 Å². The molecular weight excluding hydrogens is 238 g/mol. The van der Waals surface area contributed by atoms with Gasteiger partial charge in [-0.15, -0.1) is 0 Å². The number of benzene rings is 1. The Morgan fingerprint density at radius 3 is 2.94 bits per heavy atom. The van der Waals surface area contributed by atoms with Crippen LogP contribution in [0, 0.1) is 11.3 Å². The summed E-state index contributed by atoms with van der Waals surface area (Å²) in [5, 5.41) is 11.8. The average molecular weight is 251 g/mol. The van der Waals surface area contributed by atoms with Crippen LogP contribution in [0.5, 0.6) is 0 Å². The van der Waals surface area contributed by atoms with E-state index in [9.17, 15) is 8.42 Å². The van der Waals surface area contributed by atoms with Crippen molar-refractivity contribution in [2.75, 3.05) is 28.5 Å². The highest BCUT2D eigenvalue weighted by atomic mass is 32.2. The molecule has 0 bridgehead atoms. The van der Waals surface area contributed by atoms with Crippen molar-refractivity contribution >= 4 is 21.4 Å². The van der Waals surface area contributed by atoms with E-state index in [1.165, 1.54) is 4.31 Å². The summed E-state index contributed by atoms with van der Waals surface area (Å²) in [4.78, 5) is 0. The Labute approximate surface area is 101 Å². The SMILES string of the molecule is N#CCS(=O)(=O)N1CCCNc2ccccc21. The lowest BCUT2D eigenvalue weighted by atomic mass is 10.2. The van der Waals surface area contributed by atoms with Gasteiger partial charge in [0.15, 0.2) is 5.75 Å². The number of hydrogen-bond acceptors (Lipinski definition) is 4. The second kappa shape index (κ2) is 4.63. The summed E-state index contributed by atoms with van der Waals surface area (Å²) in [5.74, 6) is -0.485. The zero-order valence-electron chi connectivity index (χ0n) is 9.26. The molecular formula is C11H13N3O2S. The molecule has 0 atom stereocenters. The lowest BCUT2D eigenvalue weighted by molar-refractivity contribution is 0.593. The molecule has 2 rings (SSSR count). The van der Waals surface area contributed by atoms with E-state index in [2.05, 4.69) is 5.32 Å². The number of sulfonamides is 1. The number of hydrogen-bond donors (Lipinski definition) is 1. The van der Waals surface area contributed by atoms with Crippen LogP contribution in [0.2, 0.25) is 0 Å². The number of nitriles is 1. The monoisotopic (exact) mass is 251 g/mol. The summed E-state index contributed by atoms with van der Waals surface area (Å²) in [7, 11) is -3.54. The number of nitrogens with one attached hydrogen (secondary N) is 1. The molecule has 5 nitrogen and oxygen atoms in total. The Hall–Kier alpha value is -1.74. The van der Waals surface area contributed by atoms with E-state index in [0.29, 0.717) is 12.2 Å². The maximum Gasteiger partial charge on any atom is 0.248 e. The summed E-state index contributed by atoms with van der Waals surface area (Å²) in [5.41, 5.74) is 1.42. The summed E-state index contributed by atoms with van der Waals surface area (Å²) in [6.07, 6.45) is 0.722. The van der Waals surface area contributed by atoms with Gasteiger partial charge in [0.1, 0.15) is 0 Å². The van der Waals surface area contributed by atoms with Gasteiger partial charge in [0.2, 0.25) is 10.0 Å². The van der Waals surface area contributed by atoms with Crippen molar-refractivity contribution in [3.63, 3.8) is 0 Å². The zero-order valence-corrected chi connectivity index (χ0v) is 10.1. The highest BCUT2D eigenvalue weighted by Crippen LogP contribution is 2.30. The van der Waals surface area contributed by atoms with Gasteiger partial charge in [0.25, 0.3) is 0 Å². The summed E-state index contributed by atoms with van der Waals surface area (Å²) >= 11 is 0. The van der Waals surface area contributed by atoms with Crippen LogP contribution in [0.4, 0.5) is 11.4 Å². The molecule has 1 aromatic rings. The minimum absolute atomic E-state index is 0.411. The van der Waals surface area contributed by atoms with Crippen molar-refractivity contribution in [1.29, 1.82) is 5.26 Å². The van der Waals surface area contributed by atoms with E-state index < -0.39 is 15.8 Å². The molecule has 1 heterocycles. The Morgan fingerprint density at radius 2 is 2.18 bits per heavy atom. The maximum atomic E-state index is 12.0. The van der Waals surface area contributed by atoms with E-state index in [-0.39, 0.29) is 0 Å². The molecule has 0 fully saturated rings. The molecule has 0 aromatic heterocycles. The lowest BCUT2D eigenvalue weighted by Gasteiger charge is -2.22. The first-order valence-corrected chi connectivity index (χ1v) is 6.96. The molecule has 1 aliphatic rings. The van der Waals surface area contributed by atoms with Crippen molar-refractivity contribution in [3.8, 4) is 6.07 Å². The van der Waals surface area contributed by atoms with E-state index in [0.717, 1.165) is 18.7 Å². The number of para-hydroxylation sites is 2. The summed E-state index contributed by atoms with van der Waals surface area (Å²) < 4.78 is 25.3. The Balaban J connectivity index is 2.46. The zero-order chi connectivity index (χ0) is 12.3. The van der Waals surface area contributed by atoms with Gasteiger partial charge in [0, 0.05) is 13.1 Å². The normalized spacial score (nSPS) is 15.4. The molecule has 0 saturated heterocycles. The first-order chi connectivity index (χ1) is 8.15. The topological polar surface area (TPSA) is 73.2 Å². The smallest absolute Gasteiger partial charge is 0.248 e. The minimum Gasteiger partial charge on any atom is -0.383 e. The Morgan fingerprint density at radius 1 is 1.41 bits per heavy atom. The van der Waals surface area contributed by atoms with Gasteiger partial charge in [-0.25, -0.2) is 8.42 Å². The van der Waals surface area contributed by atoms with Crippen LogP contribution >= 0.6 is 0 Å². The van der Waals surface area contributed by atoms with E-state index >= 15 is 0 Å². The fourth-order valence-electron chi connectivity index (χ4n) is 1.86. The highest BCUT2D eigenvalue weighted by Gasteiger charge is 2.25. The van der Waals surface area contributed by atoms with E-state index in [4.69, 9.17) is 5.26 Å². The van der Waals surface area contributed by atoms with Gasteiger partial charge in [-0.05, 0) is 18.6 Å². The van der Waals surface area contributed by atoms with Crippen LogP contribution in [0.1, 0.15) is 6.42 Å². The number of fused-ring (bicyclic) bond motifs is 1. The average Bonchev–Trinajstić information content (AvgIpc) is 2.51. The molecule has 0 aliphatic carbocycles. The second-order valence-electron chi connectivity index (χ2n) is 3.78. The van der Waals surface area contributed by atoms with Crippen LogP contribution < -0.4 is 9.62 Å². The Bertz CT molecular complexity index is 548. The maximum absolute atomic E-state index is 12.0. The molecule has 1 aromatic carbocycles. The van der Waals surface area contributed by atoms with E-state index in [1.807, 2.05) is 12.1 Å². The van der Waals surface area contributed by atoms with Crippen molar-refractivity contribution in [2.24, 2.45) is 0 Å². The van der Waals surface area contributed by atoms with Crippen LogP contribution in [0.15, 0.2) is 24.3 Å². The van der Waals surface area contributed by atoms with Gasteiger partial charge in [-0.2, -0.15) is 5.26 Å². The lowest BCUT2D eigenvalue weighted by Crippen LogP contribution is -2.33. The number of anilines is 2. The third kappa shape index (κ3) is 2.34. The van der Waals surface area contributed by atoms with Crippen molar-refractivity contribution in [1.82, 2.24) is 0 Å². The predicted molar refractivity (Wildman–Crippen MR) is 66.3 cm³/mol. The predicted octanol–water partition coefficient (Wildman–Crippen LogP) is 1.16. The minimum atomic E-state index is -3.54. The molecule has 0 radical (unpaired) electrons. The third-order valence-electron chi connectivity index (χ3n) is 2.61. The number of rotatable bonds is 2. The Kier molecular flexibility index (Phi) is 3.20. The quantitative estimate of drug-likeness (QED) is 0.856. The fourth-order valence-corrected chi connectivity index (χ4v) is 3.04. The first-order valence-electron chi connectivity index (χ1n) is 5.35. The molecule has 6 heteroatoms. The molecule has 90 valence electrons. The molecule has 17 heavy (non-hydrogen) atoms. The fraction of sp³-hybridized carbons (Fsp3) is 0.364. The van der Waals surface area contributed by atoms with E-state index in [1.54, 1.807) is 18.2 Å². The third-order valence-corrected chi connectivity index (χ3v) is 4.15. The molecule has 0 amide bonds.